The molecule has 3 amide bonds. The Bertz CT molecular complexity index is 1410. The average molecular weight is 586 g/mol. The van der Waals surface area contributed by atoms with Crippen molar-refractivity contribution in [3.05, 3.63) is 101 Å². The molecule has 0 radical (unpaired) electrons. The van der Waals surface area contributed by atoms with Gasteiger partial charge in [-0.25, -0.2) is 0 Å². The molecule has 0 spiro atoms. The lowest BCUT2D eigenvalue weighted by atomic mass is 9.90. The van der Waals surface area contributed by atoms with Gasteiger partial charge in [-0.2, -0.15) is 0 Å². The van der Waals surface area contributed by atoms with Crippen LogP contribution in [-0.4, -0.2) is 65.1 Å². The van der Waals surface area contributed by atoms with E-state index in [1.807, 2.05) is 48.5 Å². The molecule has 1 unspecified atom stereocenters. The van der Waals surface area contributed by atoms with Crippen molar-refractivity contribution >= 4 is 29.5 Å². The lowest BCUT2D eigenvalue weighted by molar-refractivity contribution is -0.141. The Hall–Kier alpha value is -5.26. The molecule has 2 aromatic carbocycles. The molecule has 0 bridgehead atoms. The van der Waals surface area contributed by atoms with Crippen LogP contribution >= 0.6 is 0 Å². The van der Waals surface area contributed by atoms with Crippen LogP contribution < -0.4 is 28.3 Å². The lowest BCUT2D eigenvalue weighted by Gasteiger charge is -2.32. The molecule has 1 aromatic heterocycles. The molecule has 3 atom stereocenters. The highest BCUT2D eigenvalue weighted by Gasteiger charge is 2.34. The largest absolute Gasteiger partial charge is 0.384 e. The monoisotopic (exact) mass is 585 g/mol. The maximum atomic E-state index is 14.2. The predicted molar refractivity (Wildman–Crippen MR) is 166 cm³/mol. The number of nitrogens with one attached hydrogen (secondary N) is 2. The minimum absolute atomic E-state index is 0.0496. The van der Waals surface area contributed by atoms with Gasteiger partial charge in [-0.3, -0.25) is 29.8 Å². The van der Waals surface area contributed by atoms with Crippen LogP contribution in [0.2, 0.25) is 0 Å². The van der Waals surface area contributed by atoms with E-state index in [0.29, 0.717) is 24.0 Å². The number of amides is 3. The van der Waals surface area contributed by atoms with Crippen molar-refractivity contribution in [2.75, 3.05) is 13.6 Å². The van der Waals surface area contributed by atoms with E-state index < -0.39 is 29.8 Å². The summed E-state index contributed by atoms with van der Waals surface area (Å²) in [5, 5.41) is 10.4. The number of guanidine groups is 1. The van der Waals surface area contributed by atoms with E-state index >= 15 is 0 Å². The van der Waals surface area contributed by atoms with Gasteiger partial charge < -0.3 is 33.2 Å². The first-order valence-corrected chi connectivity index (χ1v) is 13.9. The van der Waals surface area contributed by atoms with Crippen LogP contribution in [0.4, 0.5) is 0 Å². The van der Waals surface area contributed by atoms with Gasteiger partial charge in [0.15, 0.2) is 5.96 Å². The molecule has 0 saturated heterocycles. The molecule has 3 aromatic rings. The number of rotatable bonds is 15. The fourth-order valence-electron chi connectivity index (χ4n) is 4.69. The van der Waals surface area contributed by atoms with Crippen molar-refractivity contribution < 1.29 is 14.4 Å². The van der Waals surface area contributed by atoms with Gasteiger partial charge >= 0.3 is 0 Å². The van der Waals surface area contributed by atoms with Crippen LogP contribution in [0.5, 0.6) is 0 Å². The molecule has 0 aliphatic rings. The van der Waals surface area contributed by atoms with Crippen molar-refractivity contribution in [2.24, 2.45) is 27.9 Å². The molecule has 226 valence electrons. The first-order valence-electron chi connectivity index (χ1n) is 13.9. The quantitative estimate of drug-likeness (QED) is 0.0854. The number of aromatic nitrogens is 1. The Kier molecular flexibility index (Phi) is 11.7. The number of carbonyl (C=O) groups excluding carboxylic acids is 3. The van der Waals surface area contributed by atoms with E-state index in [0.717, 1.165) is 11.1 Å². The highest BCUT2D eigenvalue weighted by atomic mass is 16.2. The zero-order valence-electron chi connectivity index (χ0n) is 24.1. The van der Waals surface area contributed by atoms with Gasteiger partial charge in [0.2, 0.25) is 17.7 Å². The molecule has 0 fully saturated rings. The second-order valence-corrected chi connectivity index (χ2v) is 10.2. The predicted octanol–water partition coefficient (Wildman–Crippen LogP) is 0.785. The number of likely N-dealkylation sites (N-methyl/N-ethyl adjacent to an activating group) is 1. The van der Waals surface area contributed by atoms with Gasteiger partial charge in [0.1, 0.15) is 17.9 Å². The molecule has 0 aliphatic heterocycles. The molecule has 3 rings (SSSR count). The fourth-order valence-corrected chi connectivity index (χ4v) is 4.69. The van der Waals surface area contributed by atoms with Gasteiger partial charge in [-0.05, 0) is 42.0 Å². The van der Waals surface area contributed by atoms with E-state index in [1.165, 1.54) is 4.90 Å². The van der Waals surface area contributed by atoms with Crippen molar-refractivity contribution in [3.63, 3.8) is 0 Å². The highest BCUT2D eigenvalue weighted by Crippen LogP contribution is 2.25. The van der Waals surface area contributed by atoms with Crippen LogP contribution in [-0.2, 0) is 27.2 Å². The maximum absolute atomic E-state index is 14.2. The Balaban J connectivity index is 1.90. The number of carbonyl (C=O) groups is 3. The zero-order chi connectivity index (χ0) is 31.4. The van der Waals surface area contributed by atoms with E-state index in [9.17, 15) is 14.4 Å². The number of benzene rings is 2. The average Bonchev–Trinajstić information content (AvgIpc) is 3.00. The van der Waals surface area contributed by atoms with Gasteiger partial charge in [0.05, 0.1) is 5.92 Å². The van der Waals surface area contributed by atoms with Crippen LogP contribution in [0.3, 0.4) is 0 Å². The Morgan fingerprint density at radius 2 is 1.60 bits per heavy atom. The van der Waals surface area contributed by atoms with E-state index in [2.05, 4.69) is 15.3 Å². The van der Waals surface area contributed by atoms with Crippen molar-refractivity contribution in [3.8, 4) is 0 Å². The number of aliphatic imine (C=N–C) groups is 1. The van der Waals surface area contributed by atoms with Crippen molar-refractivity contribution in [2.45, 2.75) is 43.7 Å². The second kappa shape index (κ2) is 15.7. The number of nitrogen functional groups attached to an aromatic ring is 1. The molecule has 0 aliphatic carbocycles. The van der Waals surface area contributed by atoms with E-state index in [-0.39, 0.29) is 37.1 Å². The fraction of sp³-hybridized carbons (Fsp3) is 0.290. The summed E-state index contributed by atoms with van der Waals surface area (Å²) in [6.45, 7) is 0.272. The minimum atomic E-state index is -0.975. The topological polar surface area (TPSA) is 220 Å². The van der Waals surface area contributed by atoms with E-state index in [1.54, 1.807) is 37.6 Å². The summed E-state index contributed by atoms with van der Waals surface area (Å²) in [6.07, 6.45) is 4.42. The summed E-state index contributed by atoms with van der Waals surface area (Å²) in [6, 6.07) is 18.1. The Labute approximate surface area is 251 Å². The van der Waals surface area contributed by atoms with Crippen LogP contribution in [0, 0.1) is 5.41 Å². The Morgan fingerprint density at radius 1 is 0.930 bits per heavy atom. The number of pyridine rings is 1. The maximum Gasteiger partial charge on any atom is 0.243 e. The van der Waals surface area contributed by atoms with Gasteiger partial charge in [-0.15, -0.1) is 0 Å². The molecule has 0 saturated carbocycles. The molecule has 10 N–H and O–H groups in total. The zero-order valence-corrected chi connectivity index (χ0v) is 24.1. The van der Waals surface area contributed by atoms with Gasteiger partial charge in [-0.1, -0.05) is 60.7 Å². The van der Waals surface area contributed by atoms with Crippen LogP contribution in [0.15, 0.2) is 84.1 Å². The molecular formula is C31H39N9O3. The summed E-state index contributed by atoms with van der Waals surface area (Å²) in [4.78, 5) is 49.7. The van der Waals surface area contributed by atoms with Crippen LogP contribution in [0.25, 0.3) is 0 Å². The summed E-state index contributed by atoms with van der Waals surface area (Å²) >= 11 is 0. The number of amidine groups is 1. The van der Waals surface area contributed by atoms with E-state index in [4.69, 9.17) is 28.3 Å². The molecule has 12 heteroatoms. The summed E-state index contributed by atoms with van der Waals surface area (Å²) in [7, 11) is 1.58. The van der Waals surface area contributed by atoms with Crippen LogP contribution in [0.1, 0.15) is 41.0 Å². The third-order valence-corrected chi connectivity index (χ3v) is 7.08. The van der Waals surface area contributed by atoms with Crippen molar-refractivity contribution in [1.29, 1.82) is 5.41 Å². The molecule has 12 nitrogen and oxygen atoms in total. The first-order chi connectivity index (χ1) is 20.6. The summed E-state index contributed by atoms with van der Waals surface area (Å²) in [5.74, 6) is -2.30. The molecular weight excluding hydrogens is 546 g/mol. The molecule has 43 heavy (non-hydrogen) atoms. The van der Waals surface area contributed by atoms with Gasteiger partial charge in [0, 0.05) is 38.0 Å². The number of nitrogens with two attached hydrogens (primary N) is 4. The van der Waals surface area contributed by atoms with Gasteiger partial charge in [0.25, 0.3) is 0 Å². The number of primary amides is 1. The summed E-state index contributed by atoms with van der Waals surface area (Å²) in [5.41, 5.74) is 24.9. The number of nitrogens with zero attached hydrogens (tertiary/aromatic N) is 3. The second-order valence-electron chi connectivity index (χ2n) is 10.2. The first kappa shape index (κ1) is 32.3. The standard InChI is InChI=1S/C31H39N9O3/c1-40(30(43)24(23-9-5-15-37-19-23)17-21-11-13-22(14-12-21)27(32)33)26(18-20-7-3-2-4-8-20)29(42)39-25(28(34)41)10-6-16-38-31(35)36/h2-5,7-9,11-15,19,24-26H,6,10,16-18H2,1H3,(H3,32,33)(H2,34,41)(H,39,42)(H4,35,36,38)/t24-,25?,26-/m0/s1. The SMILES string of the molecule is CN(C(=O)[C@@H](Cc1ccc(C(=N)N)cc1)c1cccnc1)[C@@H](Cc1ccccc1)C(=O)NC(CCCN=C(N)N)C(N)=O. The minimum Gasteiger partial charge on any atom is -0.384 e. The third kappa shape index (κ3) is 9.66. The lowest BCUT2D eigenvalue weighted by Crippen LogP contribution is -2.54. The van der Waals surface area contributed by atoms with Crippen molar-refractivity contribution in [1.82, 2.24) is 15.2 Å². The number of hydrogen-bond acceptors (Lipinski definition) is 6. The summed E-state index contributed by atoms with van der Waals surface area (Å²) < 4.78 is 0. The highest BCUT2D eigenvalue weighted by molar-refractivity contribution is 5.95. The molecule has 1 heterocycles. The number of hydrogen-bond donors (Lipinski definition) is 6. The third-order valence-electron chi connectivity index (χ3n) is 7.08. The Morgan fingerprint density at radius 3 is 2.19 bits per heavy atom. The normalized spacial score (nSPS) is 12.8. The smallest absolute Gasteiger partial charge is 0.243 e.